The Labute approximate surface area is 201 Å². The van der Waals surface area contributed by atoms with Gasteiger partial charge in [-0.15, -0.1) is 11.5 Å². The summed E-state index contributed by atoms with van der Waals surface area (Å²) in [5.74, 6) is 1.19. The molecule has 1 aromatic heterocycles. The minimum absolute atomic E-state index is 0.0969. The lowest BCUT2D eigenvalue weighted by molar-refractivity contribution is -0.136. The van der Waals surface area contributed by atoms with Crippen LogP contribution in [0.4, 0.5) is 0 Å². The molecule has 3 aliphatic rings. The predicted molar refractivity (Wildman–Crippen MR) is 121 cm³/mol. The quantitative estimate of drug-likeness (QED) is 0.485. The third kappa shape index (κ3) is 4.40. The molecule has 2 fully saturated rings. The molecule has 1 N–H and O–H groups in total. The average molecular weight is 476 g/mol. The summed E-state index contributed by atoms with van der Waals surface area (Å²) in [7, 11) is 0. The van der Waals surface area contributed by atoms with Crippen molar-refractivity contribution in [2.45, 2.75) is 44.4 Å². The molecule has 0 bridgehead atoms. The highest BCUT2D eigenvalue weighted by Crippen LogP contribution is 2.29. The zero-order valence-electron chi connectivity index (χ0n) is 19.0. The Morgan fingerprint density at radius 1 is 1.26 bits per heavy atom. The molecule has 35 heavy (non-hydrogen) atoms. The molecule has 0 radical (unpaired) electrons. The van der Waals surface area contributed by atoms with E-state index in [2.05, 4.69) is 21.5 Å². The number of piperidine rings is 2. The summed E-state index contributed by atoms with van der Waals surface area (Å²) < 4.78 is 7.08. The van der Waals surface area contributed by atoms with Crippen LogP contribution < -0.4 is 5.32 Å². The molecule has 0 aliphatic carbocycles. The number of ether oxygens (including phenoxy) is 1. The number of benzene rings is 1. The first-order chi connectivity index (χ1) is 16.9. The largest absolute Gasteiger partial charge is 0.364 e. The van der Waals surface area contributed by atoms with E-state index in [1.54, 1.807) is 29.3 Å². The van der Waals surface area contributed by atoms with Crippen LogP contribution in [0.25, 0.3) is 5.69 Å². The number of imide groups is 1. The van der Waals surface area contributed by atoms with Gasteiger partial charge in [0.1, 0.15) is 12.6 Å². The van der Waals surface area contributed by atoms with E-state index in [0.29, 0.717) is 30.8 Å². The Kier molecular flexibility index (Phi) is 6.05. The van der Waals surface area contributed by atoms with Crippen molar-refractivity contribution in [3.05, 3.63) is 41.2 Å². The molecule has 11 heteroatoms. The lowest BCUT2D eigenvalue weighted by Gasteiger charge is -2.31. The molecule has 180 valence electrons. The van der Waals surface area contributed by atoms with Crippen molar-refractivity contribution < 1.29 is 23.9 Å². The number of fused-ring (bicyclic) bond motifs is 1. The van der Waals surface area contributed by atoms with Gasteiger partial charge in [0.2, 0.25) is 11.8 Å². The summed E-state index contributed by atoms with van der Waals surface area (Å²) in [5.41, 5.74) is 2.10. The maximum Gasteiger partial charge on any atom is 0.276 e. The fourth-order valence-electron chi connectivity index (χ4n) is 4.78. The van der Waals surface area contributed by atoms with Gasteiger partial charge >= 0.3 is 0 Å². The molecular formula is C24H24N6O5. The van der Waals surface area contributed by atoms with Gasteiger partial charge in [-0.05, 0) is 43.0 Å². The van der Waals surface area contributed by atoms with E-state index in [-0.39, 0.29) is 49.1 Å². The maximum absolute atomic E-state index is 13.0. The first kappa shape index (κ1) is 22.7. The van der Waals surface area contributed by atoms with E-state index < -0.39 is 11.9 Å². The monoisotopic (exact) mass is 476 g/mol. The standard InChI is InChI=1S/C24H24N6O5/c1-2-10-35-17-4-3-9-28(13-17)24(34)19-14-30(27-26-19)16-5-6-18-15(11-16)12-29(23(18)33)20-7-8-21(31)25-22(20)32/h1,5-6,11,14,17,20H,3-4,7-10,12-13H2,(H,25,31,32). The Morgan fingerprint density at radius 3 is 2.91 bits per heavy atom. The third-order valence-electron chi connectivity index (χ3n) is 6.55. The van der Waals surface area contributed by atoms with Gasteiger partial charge in [0.25, 0.3) is 11.8 Å². The van der Waals surface area contributed by atoms with Crippen molar-refractivity contribution in [3.63, 3.8) is 0 Å². The normalized spacial score (nSPS) is 22.1. The van der Waals surface area contributed by atoms with Gasteiger partial charge in [-0.1, -0.05) is 11.1 Å². The fourth-order valence-corrected chi connectivity index (χ4v) is 4.78. The van der Waals surface area contributed by atoms with Crippen LogP contribution in [0.3, 0.4) is 0 Å². The summed E-state index contributed by atoms with van der Waals surface area (Å²) in [5, 5.41) is 10.5. The molecule has 2 saturated heterocycles. The van der Waals surface area contributed by atoms with Crippen molar-refractivity contribution in [2.75, 3.05) is 19.7 Å². The molecule has 3 aliphatic heterocycles. The van der Waals surface area contributed by atoms with Crippen molar-refractivity contribution in [3.8, 4) is 18.0 Å². The summed E-state index contributed by atoms with van der Waals surface area (Å²) in [4.78, 5) is 52.7. The highest BCUT2D eigenvalue weighted by Gasteiger charge is 2.39. The van der Waals surface area contributed by atoms with Crippen LogP contribution in [-0.4, -0.2) is 80.3 Å². The first-order valence-electron chi connectivity index (χ1n) is 11.5. The van der Waals surface area contributed by atoms with E-state index in [9.17, 15) is 19.2 Å². The van der Waals surface area contributed by atoms with E-state index >= 15 is 0 Å². The van der Waals surface area contributed by atoms with Crippen molar-refractivity contribution in [2.24, 2.45) is 0 Å². The van der Waals surface area contributed by atoms with E-state index in [1.165, 1.54) is 9.58 Å². The SMILES string of the molecule is C#CCOC1CCCN(C(=O)c2cn(-c3ccc4c(c3)CN(C3CCC(=O)NC3=O)C4=O)nn2)C1. The number of likely N-dealkylation sites (tertiary alicyclic amines) is 1. The van der Waals surface area contributed by atoms with Crippen LogP contribution in [-0.2, 0) is 20.9 Å². The average Bonchev–Trinajstić information content (AvgIpc) is 3.48. The number of terminal acetylenes is 1. The van der Waals surface area contributed by atoms with Crippen molar-refractivity contribution in [1.29, 1.82) is 0 Å². The molecule has 5 rings (SSSR count). The molecule has 2 atom stereocenters. The number of carbonyl (C=O) groups excluding carboxylic acids is 4. The lowest BCUT2D eigenvalue weighted by atomic mass is 10.0. The Hall–Kier alpha value is -4.04. The summed E-state index contributed by atoms with van der Waals surface area (Å²) in [6.45, 7) is 1.52. The van der Waals surface area contributed by atoms with Gasteiger partial charge < -0.3 is 14.5 Å². The number of nitrogens with zero attached hydrogens (tertiary/aromatic N) is 5. The second-order valence-corrected chi connectivity index (χ2v) is 8.82. The molecular weight excluding hydrogens is 452 g/mol. The zero-order valence-corrected chi connectivity index (χ0v) is 19.0. The second-order valence-electron chi connectivity index (χ2n) is 8.82. The maximum atomic E-state index is 13.0. The number of hydrogen-bond donors (Lipinski definition) is 1. The Morgan fingerprint density at radius 2 is 2.11 bits per heavy atom. The van der Waals surface area contributed by atoms with Crippen LogP contribution in [0.1, 0.15) is 52.1 Å². The van der Waals surface area contributed by atoms with E-state index in [1.807, 2.05) is 0 Å². The highest BCUT2D eigenvalue weighted by atomic mass is 16.5. The number of aromatic nitrogens is 3. The summed E-state index contributed by atoms with van der Waals surface area (Å²) in [6.07, 6.45) is 8.89. The number of carbonyl (C=O) groups is 4. The van der Waals surface area contributed by atoms with E-state index in [4.69, 9.17) is 11.2 Å². The number of nitrogens with one attached hydrogen (secondary N) is 1. The lowest BCUT2D eigenvalue weighted by Crippen LogP contribution is -2.52. The smallest absolute Gasteiger partial charge is 0.276 e. The number of amides is 4. The summed E-state index contributed by atoms with van der Waals surface area (Å²) in [6, 6.07) is 4.52. The molecule has 2 unspecified atom stereocenters. The number of hydrogen-bond acceptors (Lipinski definition) is 7. The highest BCUT2D eigenvalue weighted by molar-refractivity contribution is 6.05. The van der Waals surface area contributed by atoms with Gasteiger partial charge in [-0.3, -0.25) is 24.5 Å². The third-order valence-corrected chi connectivity index (χ3v) is 6.55. The molecule has 4 amide bonds. The first-order valence-corrected chi connectivity index (χ1v) is 11.5. The van der Waals surface area contributed by atoms with Crippen LogP contribution >= 0.6 is 0 Å². The van der Waals surface area contributed by atoms with Gasteiger partial charge in [0.15, 0.2) is 5.69 Å². The van der Waals surface area contributed by atoms with Crippen LogP contribution in [0.5, 0.6) is 0 Å². The molecule has 1 aromatic carbocycles. The molecule has 11 nitrogen and oxygen atoms in total. The second kappa shape index (κ2) is 9.31. The predicted octanol–water partition coefficient (Wildman–Crippen LogP) is 0.283. The topological polar surface area (TPSA) is 127 Å². The van der Waals surface area contributed by atoms with Crippen molar-refractivity contribution >= 4 is 23.6 Å². The van der Waals surface area contributed by atoms with Crippen molar-refractivity contribution in [1.82, 2.24) is 30.1 Å². The molecule has 0 spiro atoms. The van der Waals surface area contributed by atoms with Crippen LogP contribution in [0.15, 0.2) is 24.4 Å². The fraction of sp³-hybridized carbons (Fsp3) is 0.417. The minimum atomic E-state index is -0.676. The number of rotatable bonds is 5. The van der Waals surface area contributed by atoms with Crippen LogP contribution in [0.2, 0.25) is 0 Å². The van der Waals surface area contributed by atoms with E-state index in [0.717, 1.165) is 18.4 Å². The Balaban J connectivity index is 1.29. The van der Waals surface area contributed by atoms with Gasteiger partial charge in [-0.2, -0.15) is 0 Å². The molecule has 2 aromatic rings. The molecule has 4 heterocycles. The minimum Gasteiger partial charge on any atom is -0.364 e. The summed E-state index contributed by atoms with van der Waals surface area (Å²) >= 11 is 0. The van der Waals surface area contributed by atoms with Crippen LogP contribution in [0, 0.1) is 12.3 Å². The van der Waals surface area contributed by atoms with Gasteiger partial charge in [0, 0.05) is 31.6 Å². The molecule has 0 saturated carbocycles. The van der Waals surface area contributed by atoms with Gasteiger partial charge in [0.05, 0.1) is 18.0 Å². The van der Waals surface area contributed by atoms with Gasteiger partial charge in [-0.25, -0.2) is 4.68 Å². The zero-order chi connectivity index (χ0) is 24.5. The Bertz CT molecular complexity index is 1250.